The first-order chi connectivity index (χ1) is 9.12. The fourth-order valence-electron chi connectivity index (χ4n) is 4.06. The van der Waals surface area contributed by atoms with E-state index in [0.717, 1.165) is 19.6 Å². The van der Waals surface area contributed by atoms with Crippen molar-refractivity contribution in [3.05, 3.63) is 18.2 Å². The summed E-state index contributed by atoms with van der Waals surface area (Å²) >= 11 is 0. The van der Waals surface area contributed by atoms with Gasteiger partial charge in [0.05, 0.1) is 6.54 Å². The molecule has 1 N–H and O–H groups in total. The topological polar surface area (TPSA) is 33.1 Å². The molecule has 0 bridgehead atoms. The SMILES string of the molecule is CNC1C(N2CCn3ccnc3C2)CCCC1(C)C. The van der Waals surface area contributed by atoms with Gasteiger partial charge in [-0.3, -0.25) is 4.90 Å². The Balaban J connectivity index is 1.78. The first kappa shape index (κ1) is 13.1. The molecule has 1 aromatic rings. The van der Waals surface area contributed by atoms with Gasteiger partial charge in [-0.1, -0.05) is 20.3 Å². The van der Waals surface area contributed by atoms with Crippen LogP contribution >= 0.6 is 0 Å². The van der Waals surface area contributed by atoms with Gasteiger partial charge in [0, 0.05) is 37.6 Å². The molecule has 0 saturated heterocycles. The zero-order valence-electron chi connectivity index (χ0n) is 12.4. The highest BCUT2D eigenvalue weighted by Gasteiger charge is 2.41. The van der Waals surface area contributed by atoms with E-state index in [4.69, 9.17) is 0 Å². The van der Waals surface area contributed by atoms with Gasteiger partial charge in [-0.15, -0.1) is 0 Å². The molecule has 1 fully saturated rings. The van der Waals surface area contributed by atoms with Crippen molar-refractivity contribution in [2.75, 3.05) is 13.6 Å². The molecular formula is C15H26N4. The molecule has 1 aliphatic carbocycles. The standard InChI is InChI=1S/C15H26N4/c1-15(2)6-4-5-12(14(15)16-3)19-10-9-18-8-7-17-13(18)11-19/h7-8,12,14,16H,4-6,9-11H2,1-3H3. The van der Waals surface area contributed by atoms with Crippen LogP contribution in [-0.4, -0.2) is 40.1 Å². The molecule has 1 aliphatic heterocycles. The Kier molecular flexibility index (Phi) is 3.39. The van der Waals surface area contributed by atoms with E-state index in [9.17, 15) is 0 Å². The van der Waals surface area contributed by atoms with Crippen LogP contribution in [0.5, 0.6) is 0 Å². The van der Waals surface area contributed by atoms with Gasteiger partial charge in [0.2, 0.25) is 0 Å². The normalized spacial score (nSPS) is 31.1. The molecule has 2 atom stereocenters. The fourth-order valence-corrected chi connectivity index (χ4v) is 4.06. The van der Waals surface area contributed by atoms with Crippen molar-refractivity contribution in [1.29, 1.82) is 0 Å². The lowest BCUT2D eigenvalue weighted by Crippen LogP contribution is -2.59. The van der Waals surface area contributed by atoms with Crippen LogP contribution in [0, 0.1) is 5.41 Å². The molecule has 19 heavy (non-hydrogen) atoms. The minimum absolute atomic E-state index is 0.393. The first-order valence-corrected chi connectivity index (χ1v) is 7.53. The van der Waals surface area contributed by atoms with E-state index in [2.05, 4.69) is 46.9 Å². The molecule has 2 unspecified atom stereocenters. The molecule has 106 valence electrons. The highest BCUT2D eigenvalue weighted by molar-refractivity contribution is 5.02. The number of hydrogen-bond acceptors (Lipinski definition) is 3. The third-order valence-corrected chi connectivity index (χ3v) is 5.10. The summed E-state index contributed by atoms with van der Waals surface area (Å²) in [5, 5.41) is 3.59. The Hall–Kier alpha value is -0.870. The third-order valence-electron chi connectivity index (χ3n) is 5.10. The van der Waals surface area contributed by atoms with Crippen molar-refractivity contribution in [3.8, 4) is 0 Å². The summed E-state index contributed by atoms with van der Waals surface area (Å²) in [7, 11) is 2.12. The monoisotopic (exact) mass is 262 g/mol. The molecule has 0 radical (unpaired) electrons. The summed E-state index contributed by atoms with van der Waals surface area (Å²) in [6.07, 6.45) is 8.03. The van der Waals surface area contributed by atoms with Gasteiger partial charge in [-0.05, 0) is 25.3 Å². The Morgan fingerprint density at radius 2 is 2.21 bits per heavy atom. The maximum atomic E-state index is 4.49. The number of fused-ring (bicyclic) bond motifs is 1. The van der Waals surface area contributed by atoms with Crippen molar-refractivity contribution in [1.82, 2.24) is 19.8 Å². The molecule has 0 spiro atoms. The van der Waals surface area contributed by atoms with Crippen molar-refractivity contribution in [2.45, 2.75) is 58.3 Å². The average Bonchev–Trinajstić information content (AvgIpc) is 2.84. The van der Waals surface area contributed by atoms with Crippen LogP contribution in [0.25, 0.3) is 0 Å². The molecular weight excluding hydrogens is 236 g/mol. The number of likely N-dealkylation sites (N-methyl/N-ethyl adjacent to an activating group) is 1. The maximum absolute atomic E-state index is 4.49. The Morgan fingerprint density at radius 1 is 1.37 bits per heavy atom. The van der Waals surface area contributed by atoms with Gasteiger partial charge in [-0.2, -0.15) is 0 Å². The van der Waals surface area contributed by atoms with Crippen molar-refractivity contribution >= 4 is 0 Å². The van der Waals surface area contributed by atoms with Crippen molar-refractivity contribution < 1.29 is 0 Å². The lowest BCUT2D eigenvalue weighted by Gasteiger charge is -2.49. The van der Waals surface area contributed by atoms with E-state index in [1.807, 2.05) is 6.20 Å². The molecule has 0 amide bonds. The quantitative estimate of drug-likeness (QED) is 0.883. The second-order valence-electron chi connectivity index (χ2n) is 6.72. The Labute approximate surface area is 116 Å². The second-order valence-corrected chi connectivity index (χ2v) is 6.72. The zero-order valence-corrected chi connectivity index (χ0v) is 12.4. The minimum atomic E-state index is 0.393. The van der Waals surface area contributed by atoms with Crippen molar-refractivity contribution in [3.63, 3.8) is 0 Å². The fraction of sp³-hybridized carbons (Fsp3) is 0.800. The third kappa shape index (κ3) is 2.32. The van der Waals surface area contributed by atoms with E-state index in [1.165, 1.54) is 25.1 Å². The summed E-state index contributed by atoms with van der Waals surface area (Å²) in [6, 6.07) is 1.24. The van der Waals surface area contributed by atoms with E-state index < -0.39 is 0 Å². The molecule has 0 aromatic carbocycles. The predicted molar refractivity (Wildman–Crippen MR) is 76.9 cm³/mol. The van der Waals surface area contributed by atoms with Gasteiger partial charge < -0.3 is 9.88 Å². The highest BCUT2D eigenvalue weighted by Crippen LogP contribution is 2.38. The van der Waals surface area contributed by atoms with Gasteiger partial charge in [0.1, 0.15) is 5.82 Å². The van der Waals surface area contributed by atoms with Crippen LogP contribution in [0.1, 0.15) is 38.9 Å². The zero-order chi connectivity index (χ0) is 13.5. The van der Waals surface area contributed by atoms with Crippen LogP contribution < -0.4 is 5.32 Å². The molecule has 1 saturated carbocycles. The molecule has 1 aromatic heterocycles. The van der Waals surface area contributed by atoms with Crippen LogP contribution in [-0.2, 0) is 13.1 Å². The molecule has 3 rings (SSSR count). The van der Waals surface area contributed by atoms with Crippen LogP contribution in [0.4, 0.5) is 0 Å². The molecule has 4 nitrogen and oxygen atoms in total. The number of nitrogens with zero attached hydrogens (tertiary/aromatic N) is 3. The lowest BCUT2D eigenvalue weighted by atomic mass is 9.70. The summed E-state index contributed by atoms with van der Waals surface area (Å²) in [5.41, 5.74) is 0.393. The predicted octanol–water partition coefficient (Wildman–Crippen LogP) is 1.87. The van der Waals surface area contributed by atoms with E-state index in [1.54, 1.807) is 0 Å². The van der Waals surface area contributed by atoms with E-state index in [-0.39, 0.29) is 0 Å². The highest BCUT2D eigenvalue weighted by atomic mass is 15.3. The van der Waals surface area contributed by atoms with E-state index >= 15 is 0 Å². The van der Waals surface area contributed by atoms with Crippen molar-refractivity contribution in [2.24, 2.45) is 5.41 Å². The summed E-state index contributed by atoms with van der Waals surface area (Å²) in [6.45, 7) is 8.06. The second kappa shape index (κ2) is 4.91. The summed E-state index contributed by atoms with van der Waals surface area (Å²) in [5.74, 6) is 1.23. The van der Waals surface area contributed by atoms with E-state index in [0.29, 0.717) is 17.5 Å². The lowest BCUT2D eigenvalue weighted by molar-refractivity contribution is 0.0357. The van der Waals surface area contributed by atoms with Gasteiger partial charge in [-0.25, -0.2) is 4.98 Å². The summed E-state index contributed by atoms with van der Waals surface area (Å²) < 4.78 is 2.29. The number of aromatic nitrogens is 2. The number of rotatable bonds is 2. The number of hydrogen-bond donors (Lipinski definition) is 1. The van der Waals surface area contributed by atoms with Crippen LogP contribution in [0.3, 0.4) is 0 Å². The van der Waals surface area contributed by atoms with Gasteiger partial charge in [0.25, 0.3) is 0 Å². The Bertz CT molecular complexity index is 437. The number of imidazole rings is 1. The Morgan fingerprint density at radius 3 is 3.00 bits per heavy atom. The minimum Gasteiger partial charge on any atom is -0.333 e. The van der Waals surface area contributed by atoms with Gasteiger partial charge in [0.15, 0.2) is 0 Å². The molecule has 2 heterocycles. The smallest absolute Gasteiger partial charge is 0.122 e. The summed E-state index contributed by atoms with van der Waals surface area (Å²) in [4.78, 5) is 7.13. The number of nitrogens with one attached hydrogen (secondary N) is 1. The molecule has 4 heteroatoms. The maximum Gasteiger partial charge on any atom is 0.122 e. The van der Waals surface area contributed by atoms with Crippen LogP contribution in [0.15, 0.2) is 12.4 Å². The van der Waals surface area contributed by atoms with Crippen LogP contribution in [0.2, 0.25) is 0 Å². The first-order valence-electron chi connectivity index (χ1n) is 7.53. The van der Waals surface area contributed by atoms with Gasteiger partial charge >= 0.3 is 0 Å². The molecule has 2 aliphatic rings. The largest absolute Gasteiger partial charge is 0.333 e. The average molecular weight is 262 g/mol.